The van der Waals surface area contributed by atoms with Gasteiger partial charge in [-0.1, -0.05) is 5.16 Å². The summed E-state index contributed by atoms with van der Waals surface area (Å²) in [6.45, 7) is 1.82. The molecular formula is C20H20F5N3O5S. The highest BCUT2D eigenvalue weighted by atomic mass is 32.2. The molecule has 1 saturated carbocycles. The van der Waals surface area contributed by atoms with Gasteiger partial charge < -0.3 is 14.2 Å². The number of nitrogens with zero attached hydrogens (tertiary/aromatic N) is 3. The quantitative estimate of drug-likeness (QED) is 0.551. The normalized spacial score (nSPS) is 23.5. The van der Waals surface area contributed by atoms with Crippen LogP contribution in [0.1, 0.15) is 42.3 Å². The van der Waals surface area contributed by atoms with Crippen molar-refractivity contribution in [3.05, 3.63) is 35.5 Å². The first-order valence-electron chi connectivity index (χ1n) is 10.1. The van der Waals surface area contributed by atoms with Crippen LogP contribution in [0.15, 0.2) is 27.6 Å². The Morgan fingerprint density at radius 2 is 1.97 bits per heavy atom. The zero-order chi connectivity index (χ0) is 25.3. The van der Waals surface area contributed by atoms with E-state index in [-0.39, 0.29) is 41.1 Å². The molecular weight excluding hydrogens is 489 g/mol. The Kier molecular flexibility index (Phi) is 5.46. The SMILES string of the molecule is C[C@H](Oc1ccc(S(C)(=O)=O)cc1C(=O)N1CC2CC2(c2nc(C(F)(F)F)no2)C1)C(C)(F)F. The Labute approximate surface area is 191 Å². The Bertz CT molecular complexity index is 1240. The van der Waals surface area contributed by atoms with Crippen molar-refractivity contribution in [2.75, 3.05) is 19.3 Å². The number of fused-ring (bicyclic) bond motifs is 1. The van der Waals surface area contributed by atoms with Crippen LogP contribution in [-0.4, -0.2) is 60.7 Å². The van der Waals surface area contributed by atoms with E-state index in [4.69, 9.17) is 9.26 Å². The van der Waals surface area contributed by atoms with Gasteiger partial charge in [-0.15, -0.1) is 0 Å². The van der Waals surface area contributed by atoms with Crippen molar-refractivity contribution in [3.63, 3.8) is 0 Å². The van der Waals surface area contributed by atoms with Gasteiger partial charge in [-0.25, -0.2) is 17.2 Å². The first-order valence-corrected chi connectivity index (χ1v) is 12.0. The smallest absolute Gasteiger partial charge is 0.455 e. The number of hydrogen-bond acceptors (Lipinski definition) is 7. The lowest BCUT2D eigenvalue weighted by atomic mass is 10.1. The van der Waals surface area contributed by atoms with Gasteiger partial charge in [0.15, 0.2) is 15.9 Å². The summed E-state index contributed by atoms with van der Waals surface area (Å²) in [6, 6.07) is 3.31. The van der Waals surface area contributed by atoms with Crippen molar-refractivity contribution in [1.29, 1.82) is 0 Å². The van der Waals surface area contributed by atoms with E-state index in [2.05, 4.69) is 10.1 Å². The van der Waals surface area contributed by atoms with Crippen LogP contribution in [0.2, 0.25) is 0 Å². The molecule has 1 saturated heterocycles. The number of carbonyl (C=O) groups excluding carboxylic acids is 1. The number of aromatic nitrogens is 2. The van der Waals surface area contributed by atoms with Crippen LogP contribution < -0.4 is 4.74 Å². The summed E-state index contributed by atoms with van der Waals surface area (Å²) in [5.41, 5.74) is -1.19. The molecule has 2 fully saturated rings. The zero-order valence-electron chi connectivity index (χ0n) is 18.2. The highest BCUT2D eigenvalue weighted by Crippen LogP contribution is 2.59. The number of amides is 1. The summed E-state index contributed by atoms with van der Waals surface area (Å²) < 4.78 is 100.0. The molecule has 0 radical (unpaired) electrons. The summed E-state index contributed by atoms with van der Waals surface area (Å²) >= 11 is 0. The lowest BCUT2D eigenvalue weighted by Crippen LogP contribution is -2.35. The van der Waals surface area contributed by atoms with Crippen LogP contribution in [0.4, 0.5) is 22.0 Å². The van der Waals surface area contributed by atoms with Gasteiger partial charge in [0.25, 0.3) is 17.7 Å². The van der Waals surface area contributed by atoms with Gasteiger partial charge in [0.1, 0.15) is 5.75 Å². The number of benzene rings is 1. The van der Waals surface area contributed by atoms with Gasteiger partial charge in [-0.05, 0) is 37.5 Å². The van der Waals surface area contributed by atoms with E-state index in [1.54, 1.807) is 0 Å². The molecule has 0 N–H and O–H groups in total. The molecule has 186 valence electrons. The van der Waals surface area contributed by atoms with Crippen molar-refractivity contribution >= 4 is 15.7 Å². The lowest BCUT2D eigenvalue weighted by Gasteiger charge is -2.25. The maximum atomic E-state index is 13.7. The molecule has 1 amide bonds. The second-order valence-corrected chi connectivity index (χ2v) is 10.8. The Morgan fingerprint density at radius 1 is 1.29 bits per heavy atom. The standard InChI is InChI=1S/C20H20F5N3O5S/c1-10(18(2,21)22)32-14-5-4-12(34(3,30)31)6-13(14)15(29)28-8-11-7-19(11,9-28)17-26-16(27-33-17)20(23,24)25/h4-6,10-11H,7-9H2,1-3H3/t10-,11?,19?/m0/s1. The number of alkyl halides is 5. The van der Waals surface area contributed by atoms with Crippen LogP contribution in [0.5, 0.6) is 5.75 Å². The van der Waals surface area contributed by atoms with Gasteiger partial charge in [-0.3, -0.25) is 4.79 Å². The van der Waals surface area contributed by atoms with E-state index in [1.807, 2.05) is 0 Å². The molecule has 2 unspecified atom stereocenters. The summed E-state index contributed by atoms with van der Waals surface area (Å²) in [6.07, 6.45) is -5.05. The lowest BCUT2D eigenvalue weighted by molar-refractivity contribution is -0.146. The van der Waals surface area contributed by atoms with E-state index in [0.29, 0.717) is 13.3 Å². The van der Waals surface area contributed by atoms with Gasteiger partial charge in [0.2, 0.25) is 5.89 Å². The number of hydrogen-bond donors (Lipinski definition) is 0. The summed E-state index contributed by atoms with van der Waals surface area (Å²) in [5.74, 6) is -6.09. The molecule has 1 aliphatic carbocycles. The number of sulfone groups is 1. The molecule has 0 spiro atoms. The molecule has 2 heterocycles. The number of halogens is 5. The molecule has 8 nitrogen and oxygen atoms in total. The Hall–Kier alpha value is -2.77. The van der Waals surface area contributed by atoms with E-state index in [0.717, 1.165) is 31.4 Å². The Morgan fingerprint density at radius 3 is 2.53 bits per heavy atom. The van der Waals surface area contributed by atoms with Crippen LogP contribution in [0, 0.1) is 5.92 Å². The number of likely N-dealkylation sites (tertiary alicyclic amines) is 1. The van der Waals surface area contributed by atoms with Gasteiger partial charge in [0.05, 0.1) is 15.9 Å². The average molecular weight is 509 g/mol. The molecule has 3 atom stereocenters. The molecule has 4 rings (SSSR count). The van der Waals surface area contributed by atoms with Gasteiger partial charge in [-0.2, -0.15) is 18.2 Å². The highest BCUT2D eigenvalue weighted by Gasteiger charge is 2.66. The molecule has 1 aliphatic heterocycles. The molecule has 34 heavy (non-hydrogen) atoms. The van der Waals surface area contributed by atoms with Crippen LogP contribution in [0.25, 0.3) is 0 Å². The molecule has 2 aromatic rings. The van der Waals surface area contributed by atoms with Crippen LogP contribution in [-0.2, 0) is 21.4 Å². The minimum absolute atomic E-state index is 0.0575. The molecule has 14 heteroatoms. The maximum Gasteiger partial charge on any atom is 0.455 e. The third-order valence-corrected chi connectivity index (χ3v) is 7.28. The first kappa shape index (κ1) is 24.4. The fourth-order valence-electron chi connectivity index (χ4n) is 3.98. The number of carbonyl (C=O) groups is 1. The number of ether oxygens (including phenoxy) is 1. The third kappa shape index (κ3) is 4.34. The fourth-order valence-corrected chi connectivity index (χ4v) is 4.63. The van der Waals surface area contributed by atoms with Crippen LogP contribution in [0.3, 0.4) is 0 Å². The van der Waals surface area contributed by atoms with Gasteiger partial charge >= 0.3 is 6.18 Å². The molecule has 0 bridgehead atoms. The van der Waals surface area contributed by atoms with Crippen molar-refractivity contribution in [2.24, 2.45) is 5.92 Å². The van der Waals surface area contributed by atoms with Crippen molar-refractivity contribution in [2.45, 2.75) is 48.8 Å². The van der Waals surface area contributed by atoms with E-state index >= 15 is 0 Å². The minimum atomic E-state index is -4.78. The molecule has 1 aromatic heterocycles. The zero-order valence-corrected chi connectivity index (χ0v) is 19.0. The average Bonchev–Trinajstić information content (AvgIpc) is 3.07. The summed E-state index contributed by atoms with van der Waals surface area (Å²) in [4.78, 5) is 17.8. The maximum absolute atomic E-state index is 13.7. The number of piperidine rings is 1. The topological polar surface area (TPSA) is 103 Å². The highest BCUT2D eigenvalue weighted by molar-refractivity contribution is 7.90. The van der Waals surface area contributed by atoms with Crippen molar-refractivity contribution in [1.82, 2.24) is 15.0 Å². The van der Waals surface area contributed by atoms with Crippen LogP contribution >= 0.6 is 0 Å². The second-order valence-electron chi connectivity index (χ2n) is 8.81. The monoisotopic (exact) mass is 509 g/mol. The summed E-state index contributed by atoms with van der Waals surface area (Å²) in [5, 5.41) is 2.97. The molecule has 2 aliphatic rings. The third-order valence-electron chi connectivity index (χ3n) is 6.17. The molecule has 1 aromatic carbocycles. The second kappa shape index (κ2) is 7.62. The Balaban J connectivity index is 1.63. The minimum Gasteiger partial charge on any atom is -0.484 e. The fraction of sp³-hybridized carbons (Fsp3) is 0.550. The summed E-state index contributed by atoms with van der Waals surface area (Å²) in [7, 11) is -3.74. The van der Waals surface area contributed by atoms with E-state index < -0.39 is 45.2 Å². The largest absolute Gasteiger partial charge is 0.484 e. The predicted octanol–water partition coefficient (Wildman–Crippen LogP) is 3.33. The van der Waals surface area contributed by atoms with Crippen molar-refractivity contribution in [3.8, 4) is 5.75 Å². The van der Waals surface area contributed by atoms with E-state index in [1.165, 1.54) is 4.90 Å². The van der Waals surface area contributed by atoms with Crippen molar-refractivity contribution < 1.29 is 44.4 Å². The van der Waals surface area contributed by atoms with E-state index in [9.17, 15) is 35.2 Å². The number of rotatable bonds is 6. The predicted molar refractivity (Wildman–Crippen MR) is 105 cm³/mol. The first-order chi connectivity index (χ1) is 15.5. The van der Waals surface area contributed by atoms with Gasteiger partial charge in [0, 0.05) is 26.3 Å².